The number of halogens is 2. The summed E-state index contributed by atoms with van der Waals surface area (Å²) in [6, 6.07) is 4.21. The number of aliphatic carboxylic acids is 1. The lowest BCUT2D eigenvalue weighted by atomic mass is 10.2. The third-order valence-corrected chi connectivity index (χ3v) is 2.39. The van der Waals surface area contributed by atoms with Gasteiger partial charge in [0.15, 0.2) is 0 Å². The summed E-state index contributed by atoms with van der Waals surface area (Å²) in [5, 5.41) is 10.5. The van der Waals surface area contributed by atoms with Crippen LogP contribution in [0.25, 0.3) is 0 Å². The fourth-order valence-electron chi connectivity index (χ4n) is 1.04. The minimum atomic E-state index is -1.53. The monoisotopic (exact) mass is 301 g/mol. The molecule has 0 spiro atoms. The Morgan fingerprint density at radius 1 is 1.11 bits per heavy atom. The van der Waals surface area contributed by atoms with Crippen molar-refractivity contribution in [3.05, 3.63) is 46.0 Å². The van der Waals surface area contributed by atoms with E-state index in [2.05, 4.69) is 5.43 Å². The van der Waals surface area contributed by atoms with E-state index in [0.29, 0.717) is 17.2 Å². The fraction of sp³-hybridized carbons (Fsp3) is 0. The zero-order valence-corrected chi connectivity index (χ0v) is 10.8. The number of carboxylic acid groups (broad SMARTS) is 1. The number of hydrogen-bond donors (Lipinski definition) is 2. The lowest BCUT2D eigenvalue weighted by Crippen LogP contribution is -2.41. The Morgan fingerprint density at radius 2 is 1.79 bits per heavy atom. The second kappa shape index (κ2) is 6.77. The third-order valence-electron chi connectivity index (χ3n) is 1.85. The van der Waals surface area contributed by atoms with E-state index < -0.39 is 17.8 Å². The number of hydrogen-bond acceptors (Lipinski definition) is 4. The van der Waals surface area contributed by atoms with Crippen LogP contribution in [0.15, 0.2) is 30.4 Å². The van der Waals surface area contributed by atoms with Gasteiger partial charge in [-0.05, 0) is 24.3 Å². The van der Waals surface area contributed by atoms with Crippen LogP contribution in [0.3, 0.4) is 0 Å². The van der Waals surface area contributed by atoms with Crippen molar-refractivity contribution in [2.45, 2.75) is 0 Å². The zero-order valence-electron chi connectivity index (χ0n) is 9.28. The van der Waals surface area contributed by atoms with E-state index in [4.69, 9.17) is 23.2 Å². The van der Waals surface area contributed by atoms with Gasteiger partial charge in [0.05, 0.1) is 16.6 Å². The normalized spacial score (nSPS) is 10.2. The first-order valence-corrected chi connectivity index (χ1v) is 5.60. The summed E-state index contributed by atoms with van der Waals surface area (Å²) in [5.74, 6) is -3.03. The van der Waals surface area contributed by atoms with Crippen LogP contribution in [-0.2, 0) is 9.59 Å². The van der Waals surface area contributed by atoms with Gasteiger partial charge in [-0.3, -0.25) is 20.4 Å². The number of carboxylic acids is 1. The highest BCUT2D eigenvalue weighted by molar-refractivity contribution is 6.36. The molecule has 0 aliphatic rings. The van der Waals surface area contributed by atoms with E-state index in [1.54, 1.807) is 0 Å². The molecular weight excluding hydrogens is 295 g/mol. The number of amides is 2. The number of carbonyl (C=O) groups is 3. The van der Waals surface area contributed by atoms with Crippen molar-refractivity contribution >= 4 is 41.0 Å². The van der Waals surface area contributed by atoms with Gasteiger partial charge in [-0.2, -0.15) is 0 Å². The van der Waals surface area contributed by atoms with Gasteiger partial charge in [0.25, 0.3) is 11.8 Å². The first kappa shape index (κ1) is 15.0. The fourth-order valence-corrected chi connectivity index (χ4v) is 1.54. The van der Waals surface area contributed by atoms with Crippen LogP contribution in [0.1, 0.15) is 10.4 Å². The molecule has 1 aromatic carbocycles. The van der Waals surface area contributed by atoms with Crippen molar-refractivity contribution < 1.29 is 19.5 Å². The van der Waals surface area contributed by atoms with E-state index in [9.17, 15) is 19.5 Å². The van der Waals surface area contributed by atoms with E-state index in [-0.39, 0.29) is 10.6 Å². The quantitative estimate of drug-likeness (QED) is 0.609. The van der Waals surface area contributed by atoms with Gasteiger partial charge in [0, 0.05) is 11.1 Å². The Morgan fingerprint density at radius 3 is 2.37 bits per heavy atom. The second-order valence-electron chi connectivity index (χ2n) is 3.22. The summed E-state index contributed by atoms with van der Waals surface area (Å²) >= 11 is 11.4. The van der Waals surface area contributed by atoms with Crippen LogP contribution in [0.4, 0.5) is 0 Å². The van der Waals surface area contributed by atoms with Gasteiger partial charge in [-0.1, -0.05) is 23.2 Å². The van der Waals surface area contributed by atoms with Crippen LogP contribution in [-0.4, -0.2) is 17.8 Å². The van der Waals surface area contributed by atoms with Crippen LogP contribution in [0, 0.1) is 0 Å². The molecule has 100 valence electrons. The van der Waals surface area contributed by atoms with Gasteiger partial charge in [0.1, 0.15) is 0 Å². The molecule has 0 saturated heterocycles. The van der Waals surface area contributed by atoms with Crippen molar-refractivity contribution in [1.82, 2.24) is 10.9 Å². The molecule has 0 saturated carbocycles. The summed E-state index contributed by atoms with van der Waals surface area (Å²) in [4.78, 5) is 32.7. The lowest BCUT2D eigenvalue weighted by molar-refractivity contribution is -0.297. The topological polar surface area (TPSA) is 98.3 Å². The molecule has 1 rings (SSSR count). The molecule has 0 heterocycles. The molecule has 0 aromatic heterocycles. The summed E-state index contributed by atoms with van der Waals surface area (Å²) in [6.07, 6.45) is 1.22. The first-order chi connectivity index (χ1) is 8.90. The molecule has 6 nitrogen and oxygen atoms in total. The molecule has 0 unspecified atom stereocenters. The molecule has 0 atom stereocenters. The predicted octanol–water partition coefficient (Wildman–Crippen LogP) is 0.0605. The molecular formula is C11H7Cl2N2O4-. The molecule has 0 fully saturated rings. The largest absolute Gasteiger partial charge is 0.545 e. The van der Waals surface area contributed by atoms with Crippen molar-refractivity contribution in [2.75, 3.05) is 0 Å². The van der Waals surface area contributed by atoms with Crippen LogP contribution < -0.4 is 16.0 Å². The molecule has 0 bridgehead atoms. The molecule has 0 radical (unpaired) electrons. The Kier molecular flexibility index (Phi) is 5.35. The van der Waals surface area contributed by atoms with Crippen LogP contribution in [0.5, 0.6) is 0 Å². The number of nitrogens with one attached hydrogen (secondary N) is 2. The highest BCUT2D eigenvalue weighted by Gasteiger charge is 2.10. The number of rotatable bonds is 3. The standard InChI is InChI=1S/C11H8Cl2N2O4/c12-6-1-2-7(8(13)5-6)11(19)15-14-9(16)3-4-10(17)18/h1-5H,(H,14,16)(H,15,19)(H,17,18)/p-1/b4-3+. The zero-order chi connectivity index (χ0) is 14.4. The Bertz CT molecular complexity index is 558. The molecule has 0 aliphatic heterocycles. The van der Waals surface area contributed by atoms with Gasteiger partial charge in [-0.15, -0.1) is 0 Å². The number of carbonyl (C=O) groups excluding carboxylic acids is 3. The van der Waals surface area contributed by atoms with Gasteiger partial charge >= 0.3 is 0 Å². The van der Waals surface area contributed by atoms with E-state index in [0.717, 1.165) is 0 Å². The molecule has 8 heteroatoms. The molecule has 1 aromatic rings. The average Bonchev–Trinajstić information content (AvgIpc) is 2.33. The average molecular weight is 302 g/mol. The van der Waals surface area contributed by atoms with Gasteiger partial charge in [-0.25, -0.2) is 0 Å². The third kappa shape index (κ3) is 4.99. The second-order valence-corrected chi connectivity index (χ2v) is 4.06. The maximum Gasteiger partial charge on any atom is 0.271 e. The molecule has 2 N–H and O–H groups in total. The van der Waals surface area contributed by atoms with Crippen molar-refractivity contribution in [3.63, 3.8) is 0 Å². The minimum absolute atomic E-state index is 0.107. The first-order valence-electron chi connectivity index (χ1n) is 4.84. The van der Waals surface area contributed by atoms with Crippen molar-refractivity contribution in [1.29, 1.82) is 0 Å². The minimum Gasteiger partial charge on any atom is -0.545 e. The van der Waals surface area contributed by atoms with E-state index >= 15 is 0 Å². The SMILES string of the molecule is O=C([O-])/C=C/C(=O)NNC(=O)c1ccc(Cl)cc1Cl. The molecule has 2 amide bonds. The van der Waals surface area contributed by atoms with E-state index in [1.807, 2.05) is 5.43 Å². The maximum atomic E-state index is 11.6. The Hall–Kier alpha value is -2.05. The molecule has 19 heavy (non-hydrogen) atoms. The number of benzene rings is 1. The predicted molar refractivity (Wildman–Crippen MR) is 66.2 cm³/mol. The number of hydrazine groups is 1. The summed E-state index contributed by atoms with van der Waals surface area (Å²) < 4.78 is 0. The highest BCUT2D eigenvalue weighted by Crippen LogP contribution is 2.20. The van der Waals surface area contributed by atoms with Gasteiger partial charge < -0.3 is 9.90 Å². The summed E-state index contributed by atoms with van der Waals surface area (Å²) in [5.41, 5.74) is 4.13. The van der Waals surface area contributed by atoms with Gasteiger partial charge in [0.2, 0.25) is 0 Å². The smallest absolute Gasteiger partial charge is 0.271 e. The Labute approximate surface area is 118 Å². The van der Waals surface area contributed by atoms with Crippen LogP contribution in [0.2, 0.25) is 10.0 Å². The van der Waals surface area contributed by atoms with Crippen LogP contribution >= 0.6 is 23.2 Å². The molecule has 0 aliphatic carbocycles. The van der Waals surface area contributed by atoms with E-state index in [1.165, 1.54) is 18.2 Å². The summed E-state index contributed by atoms with van der Waals surface area (Å²) in [7, 11) is 0. The summed E-state index contributed by atoms with van der Waals surface area (Å²) in [6.45, 7) is 0. The van der Waals surface area contributed by atoms with Crippen molar-refractivity contribution in [3.8, 4) is 0 Å². The van der Waals surface area contributed by atoms with Crippen molar-refractivity contribution in [2.24, 2.45) is 0 Å². The maximum absolute atomic E-state index is 11.6. The Balaban J connectivity index is 2.61. The lowest BCUT2D eigenvalue weighted by Gasteiger charge is -2.07. The highest BCUT2D eigenvalue weighted by atomic mass is 35.5.